The van der Waals surface area contributed by atoms with Crippen molar-refractivity contribution in [2.24, 2.45) is 0 Å². The number of ether oxygens (including phenoxy) is 2. The zero-order valence-corrected chi connectivity index (χ0v) is 15.4. The number of halogens is 5. The summed E-state index contributed by atoms with van der Waals surface area (Å²) in [6.45, 7) is 0.142. The quantitative estimate of drug-likeness (QED) is 0.330. The maximum atomic E-state index is 13.2. The highest BCUT2D eigenvalue weighted by Crippen LogP contribution is 2.25. The first-order valence-corrected chi connectivity index (χ1v) is 8.81. The molecule has 0 aliphatic rings. The minimum absolute atomic E-state index is 0.142. The Labute approximate surface area is 160 Å². The van der Waals surface area contributed by atoms with E-state index in [-0.39, 0.29) is 25.2 Å². The van der Waals surface area contributed by atoms with Gasteiger partial charge in [-0.25, -0.2) is 0 Å². The van der Waals surface area contributed by atoms with Gasteiger partial charge in [-0.05, 0) is 55.6 Å². The predicted molar refractivity (Wildman–Crippen MR) is 95.7 cm³/mol. The average Bonchev–Trinajstić information content (AvgIpc) is 2.63. The molecule has 0 aliphatic carbocycles. The molecule has 2 aromatic rings. The van der Waals surface area contributed by atoms with Crippen LogP contribution >= 0.6 is 0 Å². The summed E-state index contributed by atoms with van der Waals surface area (Å²) in [5, 5.41) is 1.94. The highest BCUT2D eigenvalue weighted by Gasteiger charge is 2.31. The standard InChI is InChI=1S/C20H22F5NO2/c1-26-19(21,22)12-5-13-27-18-9-3-2-7-16(18)11-10-15-6-4-8-17(14-15)28-20(23,24)25/h2-4,6-9,14,26H,5,10-13H2,1H3. The normalized spacial score (nSPS) is 12.1. The van der Waals surface area contributed by atoms with Gasteiger partial charge in [-0.1, -0.05) is 30.3 Å². The van der Waals surface area contributed by atoms with E-state index in [9.17, 15) is 22.0 Å². The predicted octanol–water partition coefficient (Wildman–Crippen LogP) is 5.34. The van der Waals surface area contributed by atoms with Crippen molar-refractivity contribution >= 4 is 0 Å². The van der Waals surface area contributed by atoms with Crippen molar-refractivity contribution in [3.8, 4) is 11.5 Å². The number of nitrogens with one attached hydrogen (secondary N) is 1. The third-order valence-corrected chi connectivity index (χ3v) is 4.05. The number of rotatable bonds is 10. The molecule has 3 nitrogen and oxygen atoms in total. The number of hydrogen-bond acceptors (Lipinski definition) is 3. The lowest BCUT2D eigenvalue weighted by molar-refractivity contribution is -0.274. The molecule has 0 amide bonds. The van der Waals surface area contributed by atoms with Gasteiger partial charge in [0.15, 0.2) is 0 Å². The summed E-state index contributed by atoms with van der Waals surface area (Å²) < 4.78 is 72.9. The van der Waals surface area contributed by atoms with Crippen LogP contribution in [0.25, 0.3) is 0 Å². The Morgan fingerprint density at radius 3 is 2.39 bits per heavy atom. The fourth-order valence-electron chi connectivity index (χ4n) is 2.63. The molecular formula is C20H22F5NO2. The van der Waals surface area contributed by atoms with Crippen LogP contribution in [-0.2, 0) is 12.8 Å². The molecule has 0 spiro atoms. The van der Waals surface area contributed by atoms with Crippen LogP contribution in [0.1, 0.15) is 24.0 Å². The van der Waals surface area contributed by atoms with Gasteiger partial charge >= 0.3 is 12.4 Å². The highest BCUT2D eigenvalue weighted by molar-refractivity contribution is 5.35. The molecule has 0 bridgehead atoms. The molecule has 0 radical (unpaired) electrons. The summed E-state index contributed by atoms with van der Waals surface area (Å²) in [4.78, 5) is 0. The van der Waals surface area contributed by atoms with E-state index < -0.39 is 12.4 Å². The van der Waals surface area contributed by atoms with Crippen LogP contribution in [0.4, 0.5) is 22.0 Å². The van der Waals surface area contributed by atoms with E-state index in [4.69, 9.17) is 4.74 Å². The van der Waals surface area contributed by atoms with Crippen LogP contribution in [0.5, 0.6) is 11.5 Å². The molecule has 2 aromatic carbocycles. The third-order valence-electron chi connectivity index (χ3n) is 4.05. The lowest BCUT2D eigenvalue weighted by Crippen LogP contribution is -2.33. The third kappa shape index (κ3) is 7.72. The van der Waals surface area contributed by atoms with Gasteiger partial charge in [0.2, 0.25) is 0 Å². The van der Waals surface area contributed by atoms with E-state index in [2.05, 4.69) is 4.74 Å². The molecule has 2 rings (SSSR count). The Balaban J connectivity index is 1.92. The molecule has 0 aromatic heterocycles. The van der Waals surface area contributed by atoms with Gasteiger partial charge in [0.25, 0.3) is 0 Å². The van der Waals surface area contributed by atoms with Crippen molar-refractivity contribution in [2.45, 2.75) is 38.1 Å². The second-order valence-corrected chi connectivity index (χ2v) is 6.21. The summed E-state index contributed by atoms with van der Waals surface area (Å²) in [6.07, 6.45) is -3.88. The van der Waals surface area contributed by atoms with Gasteiger partial charge in [-0.15, -0.1) is 13.2 Å². The molecule has 0 saturated carbocycles. The minimum atomic E-state index is -4.73. The van der Waals surface area contributed by atoms with Crippen molar-refractivity contribution < 1.29 is 31.4 Å². The number of alkyl halides is 5. The summed E-state index contributed by atoms with van der Waals surface area (Å²) in [7, 11) is 1.20. The van der Waals surface area contributed by atoms with Gasteiger partial charge in [0.05, 0.1) is 6.61 Å². The first kappa shape index (κ1) is 21.9. The highest BCUT2D eigenvalue weighted by atomic mass is 19.4. The molecule has 0 unspecified atom stereocenters. The van der Waals surface area contributed by atoms with Crippen LogP contribution < -0.4 is 14.8 Å². The topological polar surface area (TPSA) is 30.5 Å². The lowest BCUT2D eigenvalue weighted by atomic mass is 10.0. The monoisotopic (exact) mass is 403 g/mol. The SMILES string of the molecule is CNC(F)(F)CCCOc1ccccc1CCc1cccc(OC(F)(F)F)c1. The Hall–Kier alpha value is -2.35. The van der Waals surface area contributed by atoms with Crippen molar-refractivity contribution in [1.82, 2.24) is 5.32 Å². The van der Waals surface area contributed by atoms with Gasteiger partial charge in [0.1, 0.15) is 11.5 Å². The molecule has 154 valence electrons. The van der Waals surface area contributed by atoms with E-state index in [1.165, 1.54) is 25.2 Å². The first-order chi connectivity index (χ1) is 13.2. The zero-order valence-electron chi connectivity index (χ0n) is 15.4. The van der Waals surface area contributed by atoms with Gasteiger partial charge < -0.3 is 9.47 Å². The van der Waals surface area contributed by atoms with Gasteiger partial charge in [-0.2, -0.15) is 8.78 Å². The Kier molecular flexibility index (Phi) is 7.62. The number of benzene rings is 2. The molecule has 0 atom stereocenters. The molecule has 0 aliphatic heterocycles. The Morgan fingerprint density at radius 2 is 1.68 bits per heavy atom. The van der Waals surface area contributed by atoms with Crippen LogP contribution in [-0.4, -0.2) is 26.1 Å². The van der Waals surface area contributed by atoms with Crippen molar-refractivity contribution in [2.75, 3.05) is 13.7 Å². The molecule has 28 heavy (non-hydrogen) atoms. The van der Waals surface area contributed by atoms with E-state index in [1.807, 2.05) is 17.4 Å². The molecular weight excluding hydrogens is 381 g/mol. The van der Waals surface area contributed by atoms with E-state index >= 15 is 0 Å². The van der Waals surface area contributed by atoms with E-state index in [1.54, 1.807) is 18.2 Å². The van der Waals surface area contributed by atoms with Crippen LogP contribution in [0.15, 0.2) is 48.5 Å². The maximum Gasteiger partial charge on any atom is 0.573 e. The van der Waals surface area contributed by atoms with E-state index in [0.29, 0.717) is 24.2 Å². The number of hydrogen-bond donors (Lipinski definition) is 1. The summed E-state index contributed by atoms with van der Waals surface area (Å²) >= 11 is 0. The zero-order chi connectivity index (χ0) is 20.6. The molecule has 0 fully saturated rings. The van der Waals surface area contributed by atoms with Crippen molar-refractivity contribution in [3.05, 3.63) is 59.7 Å². The summed E-state index contributed by atoms with van der Waals surface area (Å²) in [5.41, 5.74) is 1.54. The van der Waals surface area contributed by atoms with Crippen LogP contribution in [0.2, 0.25) is 0 Å². The Morgan fingerprint density at radius 1 is 0.929 bits per heavy atom. The molecule has 8 heteroatoms. The minimum Gasteiger partial charge on any atom is -0.493 e. The lowest BCUT2D eigenvalue weighted by Gasteiger charge is -2.16. The second kappa shape index (κ2) is 9.73. The first-order valence-electron chi connectivity index (χ1n) is 8.81. The van der Waals surface area contributed by atoms with Crippen molar-refractivity contribution in [1.29, 1.82) is 0 Å². The summed E-state index contributed by atoms with van der Waals surface area (Å²) in [6, 6.07) is 10.1. The van der Waals surface area contributed by atoms with Crippen molar-refractivity contribution in [3.63, 3.8) is 0 Å². The fraction of sp³-hybridized carbons (Fsp3) is 0.400. The largest absolute Gasteiger partial charge is 0.573 e. The average molecular weight is 403 g/mol. The van der Waals surface area contributed by atoms with Crippen LogP contribution in [0, 0.1) is 0 Å². The van der Waals surface area contributed by atoms with Gasteiger partial charge in [-0.3, -0.25) is 5.32 Å². The fourth-order valence-corrected chi connectivity index (χ4v) is 2.63. The number of para-hydroxylation sites is 1. The van der Waals surface area contributed by atoms with E-state index in [0.717, 1.165) is 5.56 Å². The van der Waals surface area contributed by atoms with Crippen LogP contribution in [0.3, 0.4) is 0 Å². The molecule has 0 heterocycles. The Bertz CT molecular complexity index is 749. The maximum absolute atomic E-state index is 13.2. The molecule has 0 saturated heterocycles. The second-order valence-electron chi connectivity index (χ2n) is 6.21. The smallest absolute Gasteiger partial charge is 0.493 e. The van der Waals surface area contributed by atoms with Gasteiger partial charge in [0, 0.05) is 6.42 Å². The summed E-state index contributed by atoms with van der Waals surface area (Å²) in [5.74, 6) is 0.318. The number of aryl methyl sites for hydroxylation is 2. The molecule has 1 N–H and O–H groups in total.